The maximum atomic E-state index is 13.8. The first-order chi connectivity index (χ1) is 12.9. The summed E-state index contributed by atoms with van der Waals surface area (Å²) in [6.07, 6.45) is 15.6. The zero-order valence-electron chi connectivity index (χ0n) is 16.4. The number of aromatic nitrogens is 1. The van der Waals surface area contributed by atoms with Gasteiger partial charge in [-0.1, -0.05) is 24.6 Å². The highest BCUT2D eigenvalue weighted by Gasteiger charge is 2.54. The van der Waals surface area contributed by atoms with Crippen LogP contribution in [-0.2, 0) is 0 Å². The second-order valence-electron chi connectivity index (χ2n) is 9.97. The zero-order chi connectivity index (χ0) is 18.8. The topological polar surface area (TPSA) is 33.1 Å². The van der Waals surface area contributed by atoms with E-state index < -0.39 is 5.60 Å². The summed E-state index contributed by atoms with van der Waals surface area (Å²) in [5.41, 5.74) is 3.45. The predicted octanol–water partition coefficient (Wildman–Crippen LogP) is 5.54. The molecule has 4 aliphatic carbocycles. The van der Waals surface area contributed by atoms with E-state index in [0.717, 1.165) is 49.5 Å². The lowest BCUT2D eigenvalue weighted by Gasteiger charge is -2.54. The summed E-state index contributed by atoms with van der Waals surface area (Å²) in [5, 5.41) is 10.5. The largest absolute Gasteiger partial charge is 0.390 e. The Morgan fingerprint density at radius 2 is 1.93 bits per heavy atom. The molecule has 3 heteroatoms. The Morgan fingerprint density at radius 3 is 2.74 bits per heavy atom. The van der Waals surface area contributed by atoms with Gasteiger partial charge in [0.15, 0.2) is 0 Å². The van der Waals surface area contributed by atoms with Gasteiger partial charge in [-0.25, -0.2) is 4.39 Å². The van der Waals surface area contributed by atoms with Crippen LogP contribution in [-0.4, -0.2) is 15.7 Å². The van der Waals surface area contributed by atoms with Crippen molar-refractivity contribution < 1.29 is 9.50 Å². The van der Waals surface area contributed by atoms with Gasteiger partial charge >= 0.3 is 0 Å². The number of pyridine rings is 1. The van der Waals surface area contributed by atoms with Crippen LogP contribution in [0.5, 0.6) is 0 Å². The van der Waals surface area contributed by atoms with Gasteiger partial charge in [0, 0.05) is 6.20 Å². The van der Waals surface area contributed by atoms with Gasteiger partial charge in [-0.05, 0) is 98.2 Å². The van der Waals surface area contributed by atoms with Crippen LogP contribution in [0, 0.1) is 34.9 Å². The lowest BCUT2D eigenvalue weighted by atomic mass is 9.51. The molecule has 4 aliphatic rings. The molecule has 1 aromatic heterocycles. The number of halogens is 1. The van der Waals surface area contributed by atoms with Crippen molar-refractivity contribution in [1.29, 1.82) is 0 Å². The summed E-state index contributed by atoms with van der Waals surface area (Å²) in [6.45, 7) is 4.40. The van der Waals surface area contributed by atoms with Crippen molar-refractivity contribution >= 4 is 5.57 Å². The summed E-state index contributed by atoms with van der Waals surface area (Å²) in [7, 11) is 0. The fourth-order valence-electron chi connectivity index (χ4n) is 7.04. The van der Waals surface area contributed by atoms with E-state index in [1.807, 2.05) is 13.1 Å². The molecule has 0 amide bonds. The van der Waals surface area contributed by atoms with Crippen LogP contribution in [0.15, 0.2) is 36.2 Å². The molecular weight excluding hydrogens is 337 g/mol. The Kier molecular flexibility index (Phi) is 3.92. The average molecular weight is 368 g/mol. The third-order valence-corrected chi connectivity index (χ3v) is 8.31. The number of rotatable bonds is 1. The quantitative estimate of drug-likeness (QED) is 0.661. The number of nitrogens with zero attached hydrogens (tertiary/aromatic N) is 1. The van der Waals surface area contributed by atoms with Gasteiger partial charge in [0.1, 0.15) is 5.82 Å². The van der Waals surface area contributed by atoms with Gasteiger partial charge in [-0.2, -0.15) is 0 Å². The van der Waals surface area contributed by atoms with Crippen molar-refractivity contribution in [2.24, 2.45) is 29.1 Å². The minimum absolute atomic E-state index is 0.141. The standard InChI is InChI=1S/C24H30FNO/c1-23(27)9-7-18-15(12-23)3-4-20-19(18)8-10-24(2)21(5-6-22(20)24)16-11-17(25)14-26-13-16/h3,5,11,13-14,18-20,22,27H,4,6-10,12H2,1-2H3. The van der Waals surface area contributed by atoms with Crippen molar-refractivity contribution in [2.75, 3.05) is 0 Å². The third-order valence-electron chi connectivity index (χ3n) is 8.31. The van der Waals surface area contributed by atoms with Crippen molar-refractivity contribution in [2.45, 2.75) is 64.4 Å². The molecule has 2 saturated carbocycles. The maximum absolute atomic E-state index is 13.8. The predicted molar refractivity (Wildman–Crippen MR) is 105 cm³/mol. The normalized spacial score (nSPS) is 43.3. The van der Waals surface area contributed by atoms with Crippen LogP contribution in [0.2, 0.25) is 0 Å². The molecule has 1 heterocycles. The molecule has 0 radical (unpaired) electrons. The molecule has 27 heavy (non-hydrogen) atoms. The van der Waals surface area contributed by atoms with Crippen molar-refractivity contribution in [3.8, 4) is 0 Å². The highest BCUT2D eigenvalue weighted by atomic mass is 19.1. The highest BCUT2D eigenvalue weighted by Crippen LogP contribution is 2.63. The van der Waals surface area contributed by atoms with Gasteiger partial charge in [0.2, 0.25) is 0 Å². The molecule has 1 aromatic rings. The van der Waals surface area contributed by atoms with Crippen molar-refractivity contribution in [3.05, 3.63) is 47.6 Å². The van der Waals surface area contributed by atoms with Crippen molar-refractivity contribution in [3.63, 3.8) is 0 Å². The minimum Gasteiger partial charge on any atom is -0.390 e. The lowest BCUT2D eigenvalue weighted by Crippen LogP contribution is -2.46. The number of aliphatic hydroxyl groups is 1. The van der Waals surface area contributed by atoms with E-state index in [-0.39, 0.29) is 11.2 Å². The van der Waals surface area contributed by atoms with Crippen LogP contribution in [0.25, 0.3) is 5.57 Å². The average Bonchev–Trinajstić information content (AvgIpc) is 2.97. The van der Waals surface area contributed by atoms with E-state index >= 15 is 0 Å². The van der Waals surface area contributed by atoms with Crippen molar-refractivity contribution in [1.82, 2.24) is 4.98 Å². The van der Waals surface area contributed by atoms with Crippen LogP contribution in [0.3, 0.4) is 0 Å². The third kappa shape index (κ3) is 2.73. The molecular formula is C24H30FNO. The first-order valence-corrected chi connectivity index (χ1v) is 10.6. The molecule has 6 unspecified atom stereocenters. The summed E-state index contributed by atoms with van der Waals surface area (Å²) in [5.74, 6) is 2.56. The first kappa shape index (κ1) is 17.6. The monoisotopic (exact) mass is 367 g/mol. The van der Waals surface area contributed by atoms with Crippen LogP contribution >= 0.6 is 0 Å². The minimum atomic E-state index is -0.509. The maximum Gasteiger partial charge on any atom is 0.142 e. The molecule has 5 rings (SSSR count). The Balaban J connectivity index is 1.44. The molecule has 6 atom stereocenters. The van der Waals surface area contributed by atoms with Crippen LogP contribution < -0.4 is 0 Å². The number of fused-ring (bicyclic) bond motifs is 5. The fraction of sp³-hybridized carbons (Fsp3) is 0.625. The number of hydrogen-bond donors (Lipinski definition) is 1. The first-order valence-electron chi connectivity index (χ1n) is 10.6. The Labute approximate surface area is 161 Å². The molecule has 0 spiro atoms. The molecule has 0 aromatic carbocycles. The molecule has 0 aliphatic heterocycles. The summed E-state index contributed by atoms with van der Waals surface area (Å²) in [4.78, 5) is 4.10. The van der Waals surface area contributed by atoms with Gasteiger partial charge in [-0.15, -0.1) is 0 Å². The molecule has 1 N–H and O–H groups in total. The van der Waals surface area contributed by atoms with Crippen LogP contribution in [0.1, 0.15) is 64.4 Å². The van der Waals surface area contributed by atoms with E-state index in [0.29, 0.717) is 11.8 Å². The SMILES string of the molecule is CC1(O)CCC2C(=CCC3C2CCC2(C)C(c4cncc(F)c4)=CCC32)C1. The van der Waals surface area contributed by atoms with E-state index in [4.69, 9.17) is 0 Å². The summed E-state index contributed by atoms with van der Waals surface area (Å²) in [6, 6.07) is 1.65. The Hall–Kier alpha value is -1.48. The number of hydrogen-bond acceptors (Lipinski definition) is 2. The second-order valence-corrected chi connectivity index (χ2v) is 9.97. The molecule has 0 saturated heterocycles. The second kappa shape index (κ2) is 6.01. The van der Waals surface area contributed by atoms with Crippen LogP contribution in [0.4, 0.5) is 4.39 Å². The van der Waals surface area contributed by atoms with E-state index in [1.165, 1.54) is 30.2 Å². The molecule has 2 fully saturated rings. The molecule has 2 nitrogen and oxygen atoms in total. The van der Waals surface area contributed by atoms with Gasteiger partial charge < -0.3 is 5.11 Å². The number of allylic oxidation sites excluding steroid dienone is 3. The molecule has 0 bridgehead atoms. The highest BCUT2D eigenvalue weighted by molar-refractivity contribution is 5.72. The van der Waals surface area contributed by atoms with Gasteiger partial charge in [0.25, 0.3) is 0 Å². The molecule has 144 valence electrons. The Morgan fingerprint density at radius 1 is 1.07 bits per heavy atom. The summed E-state index contributed by atoms with van der Waals surface area (Å²) >= 11 is 0. The lowest BCUT2D eigenvalue weighted by molar-refractivity contribution is -0.0122. The van der Waals surface area contributed by atoms with E-state index in [1.54, 1.807) is 6.07 Å². The summed E-state index contributed by atoms with van der Waals surface area (Å²) < 4.78 is 13.8. The smallest absolute Gasteiger partial charge is 0.142 e. The van der Waals surface area contributed by atoms with Gasteiger partial charge in [-0.3, -0.25) is 4.98 Å². The van der Waals surface area contributed by atoms with Gasteiger partial charge in [0.05, 0.1) is 11.8 Å². The van der Waals surface area contributed by atoms with E-state index in [2.05, 4.69) is 24.1 Å². The zero-order valence-corrected chi connectivity index (χ0v) is 16.4. The Bertz CT molecular complexity index is 825. The van der Waals surface area contributed by atoms with E-state index in [9.17, 15) is 9.50 Å². The fourth-order valence-corrected chi connectivity index (χ4v) is 7.04.